The fourth-order valence-corrected chi connectivity index (χ4v) is 5.26. The molecule has 200 valence electrons. The number of aromatic nitrogens is 4. The van der Waals surface area contributed by atoms with Crippen LogP contribution in [-0.4, -0.2) is 55.2 Å². The number of ether oxygens (including phenoxy) is 2. The highest BCUT2D eigenvalue weighted by molar-refractivity contribution is 7.89. The zero-order valence-corrected chi connectivity index (χ0v) is 21.8. The van der Waals surface area contributed by atoms with E-state index in [1.807, 2.05) is 6.07 Å². The summed E-state index contributed by atoms with van der Waals surface area (Å²) in [4.78, 5) is 27.1. The maximum absolute atomic E-state index is 13.3. The molecule has 3 aromatic rings. The van der Waals surface area contributed by atoms with Gasteiger partial charge in [-0.3, -0.25) is 4.90 Å². The smallest absolute Gasteiger partial charge is 0.355 e. The van der Waals surface area contributed by atoms with Crippen molar-refractivity contribution >= 4 is 39.3 Å². The van der Waals surface area contributed by atoms with Gasteiger partial charge in [-0.25, -0.2) is 23.1 Å². The van der Waals surface area contributed by atoms with Crippen molar-refractivity contribution in [2.45, 2.75) is 10.8 Å². The lowest BCUT2D eigenvalue weighted by Gasteiger charge is -2.36. The maximum Gasteiger partial charge on any atom is 0.355 e. The molecule has 16 heteroatoms. The number of anilines is 1. The number of hydrogen-bond acceptors (Lipinski definition) is 12. The van der Waals surface area contributed by atoms with Crippen molar-refractivity contribution in [2.75, 3.05) is 19.1 Å². The second-order valence-electron chi connectivity index (χ2n) is 7.92. The van der Waals surface area contributed by atoms with E-state index in [9.17, 15) is 23.3 Å². The van der Waals surface area contributed by atoms with Gasteiger partial charge in [0.1, 0.15) is 16.4 Å². The summed E-state index contributed by atoms with van der Waals surface area (Å²) in [6.45, 7) is 0. The molecule has 1 aliphatic heterocycles. The van der Waals surface area contributed by atoms with E-state index in [4.69, 9.17) is 31.9 Å². The van der Waals surface area contributed by atoms with Crippen LogP contribution in [-0.2, 0) is 29.1 Å². The second kappa shape index (κ2) is 10.5. The zero-order valence-electron chi connectivity index (χ0n) is 20.2. The number of sulfonamides is 1. The molecule has 0 saturated heterocycles. The standard InChI is InChI=1S/C23H19ClN8O6S/c1-37-22(33)18-17(11-6-4-3-5-7-11)13(10-25)20(26)32(19(18)23(34)38-2)15-9-14(24)16(39(27,35)36)8-12(15)21-28-30-31-29-21/h3-9,17H,26H2,1-2H3,(H2,27,35,36)(H,28,29,30,31). The average molecular weight is 571 g/mol. The number of tetrazole rings is 1. The first-order valence-corrected chi connectivity index (χ1v) is 12.7. The average Bonchev–Trinajstić information content (AvgIpc) is 3.46. The molecule has 14 nitrogen and oxygen atoms in total. The van der Waals surface area contributed by atoms with Crippen LogP contribution in [0.5, 0.6) is 0 Å². The molecule has 0 bridgehead atoms. The van der Waals surface area contributed by atoms with E-state index in [1.165, 1.54) is 0 Å². The van der Waals surface area contributed by atoms with Crippen LogP contribution < -0.4 is 15.8 Å². The fourth-order valence-electron chi connectivity index (χ4n) is 4.16. The van der Waals surface area contributed by atoms with Crippen molar-refractivity contribution in [3.8, 4) is 17.5 Å². The fraction of sp³-hybridized carbons (Fsp3) is 0.130. The topological polar surface area (TPSA) is 220 Å². The lowest BCUT2D eigenvalue weighted by molar-refractivity contribution is -0.139. The lowest BCUT2D eigenvalue weighted by atomic mass is 9.80. The highest BCUT2D eigenvalue weighted by atomic mass is 35.5. The van der Waals surface area contributed by atoms with Crippen molar-refractivity contribution in [2.24, 2.45) is 10.9 Å². The quantitative estimate of drug-likeness (QED) is 0.354. The molecule has 0 amide bonds. The molecule has 5 N–H and O–H groups in total. The minimum absolute atomic E-state index is 0.0683. The van der Waals surface area contributed by atoms with Crippen LogP contribution in [0, 0.1) is 11.3 Å². The Balaban J connectivity index is 2.17. The number of nitriles is 1. The summed E-state index contributed by atoms with van der Waals surface area (Å²) in [6, 6.07) is 12.6. The number of methoxy groups -OCH3 is 2. The summed E-state index contributed by atoms with van der Waals surface area (Å²) in [5.41, 5.74) is 6.00. The van der Waals surface area contributed by atoms with Gasteiger partial charge in [0.25, 0.3) is 0 Å². The van der Waals surface area contributed by atoms with Gasteiger partial charge in [-0.2, -0.15) is 10.5 Å². The third-order valence-electron chi connectivity index (χ3n) is 5.79. The summed E-state index contributed by atoms with van der Waals surface area (Å²) in [5.74, 6) is -3.54. The molecule has 1 aromatic heterocycles. The molecule has 0 fully saturated rings. The molecule has 0 spiro atoms. The SMILES string of the molecule is COC(=O)C1=C(C(=O)OC)N(c2cc(Cl)c(S(N)(=O)=O)cc2-c2nn[nH]n2)C(N)=C(C#N)C1c1ccccc1. The molecule has 4 rings (SSSR count). The predicted octanol–water partition coefficient (Wildman–Crippen LogP) is 1.07. The number of carbonyl (C=O) groups excluding carboxylic acids is 2. The van der Waals surface area contributed by atoms with Gasteiger partial charge in [-0.1, -0.05) is 41.9 Å². The summed E-state index contributed by atoms with van der Waals surface area (Å²) in [5, 5.41) is 28.7. The Kier molecular flexibility index (Phi) is 7.36. The number of carbonyl (C=O) groups is 2. The first-order valence-electron chi connectivity index (χ1n) is 10.8. The molecule has 0 radical (unpaired) electrons. The van der Waals surface area contributed by atoms with Crippen LogP contribution in [0.15, 0.2) is 70.0 Å². The van der Waals surface area contributed by atoms with Crippen molar-refractivity contribution < 1.29 is 27.5 Å². The third kappa shape index (κ3) is 4.79. The number of aromatic amines is 1. The Bertz CT molecular complexity index is 1680. The Morgan fingerprint density at radius 1 is 1.15 bits per heavy atom. The highest BCUT2D eigenvalue weighted by Crippen LogP contribution is 2.46. The van der Waals surface area contributed by atoms with Crippen LogP contribution in [0.3, 0.4) is 0 Å². The number of allylic oxidation sites excluding steroid dienone is 1. The van der Waals surface area contributed by atoms with Gasteiger partial charge >= 0.3 is 11.9 Å². The molecule has 0 saturated carbocycles. The van der Waals surface area contributed by atoms with Gasteiger partial charge < -0.3 is 15.2 Å². The number of esters is 2. The number of nitrogens with one attached hydrogen (secondary N) is 1. The lowest BCUT2D eigenvalue weighted by Crippen LogP contribution is -2.41. The van der Waals surface area contributed by atoms with Gasteiger partial charge in [-0.05, 0) is 22.9 Å². The molecule has 1 aliphatic rings. The summed E-state index contributed by atoms with van der Waals surface area (Å²) >= 11 is 6.30. The number of nitrogens with zero attached hydrogens (tertiary/aromatic N) is 5. The first-order chi connectivity index (χ1) is 18.5. The van der Waals surface area contributed by atoms with E-state index < -0.39 is 38.5 Å². The first kappa shape index (κ1) is 27.3. The predicted molar refractivity (Wildman–Crippen MR) is 136 cm³/mol. The van der Waals surface area contributed by atoms with Gasteiger partial charge in [0.15, 0.2) is 0 Å². The highest BCUT2D eigenvalue weighted by Gasteiger charge is 2.44. The minimum atomic E-state index is -4.34. The monoisotopic (exact) mass is 570 g/mol. The van der Waals surface area contributed by atoms with Crippen LogP contribution in [0.1, 0.15) is 11.5 Å². The van der Waals surface area contributed by atoms with Crippen molar-refractivity contribution in [3.05, 3.63) is 75.7 Å². The van der Waals surface area contributed by atoms with Gasteiger partial charge in [0, 0.05) is 5.56 Å². The van der Waals surface area contributed by atoms with Crippen molar-refractivity contribution in [1.29, 1.82) is 5.26 Å². The van der Waals surface area contributed by atoms with Gasteiger partial charge in [0.2, 0.25) is 15.8 Å². The van der Waals surface area contributed by atoms with Crippen molar-refractivity contribution in [1.82, 2.24) is 20.6 Å². The number of benzene rings is 2. The van der Waals surface area contributed by atoms with E-state index in [1.54, 1.807) is 30.3 Å². The normalized spacial score (nSPS) is 15.7. The molecule has 2 aromatic carbocycles. The minimum Gasteiger partial charge on any atom is -0.466 e. The van der Waals surface area contributed by atoms with Gasteiger partial charge in [0.05, 0.1) is 48.1 Å². The Hall–Kier alpha value is -4.78. The Labute approximate surface area is 226 Å². The summed E-state index contributed by atoms with van der Waals surface area (Å²) in [7, 11) is -2.16. The van der Waals surface area contributed by atoms with Gasteiger partial charge in [-0.15, -0.1) is 10.2 Å². The Morgan fingerprint density at radius 2 is 1.82 bits per heavy atom. The maximum atomic E-state index is 13.3. The molecule has 2 heterocycles. The number of primary sulfonamides is 1. The summed E-state index contributed by atoms with van der Waals surface area (Å²) < 4.78 is 34.4. The van der Waals surface area contributed by atoms with Crippen LogP contribution in [0.2, 0.25) is 5.02 Å². The van der Waals surface area contributed by atoms with E-state index in [-0.39, 0.29) is 39.1 Å². The summed E-state index contributed by atoms with van der Waals surface area (Å²) in [6.07, 6.45) is 0. The number of rotatable bonds is 6. The molecule has 39 heavy (non-hydrogen) atoms. The van der Waals surface area contributed by atoms with E-state index >= 15 is 0 Å². The molecule has 0 aliphatic carbocycles. The number of nitrogens with two attached hydrogens (primary N) is 2. The van der Waals surface area contributed by atoms with E-state index in [0.29, 0.717) is 5.56 Å². The molecule has 1 unspecified atom stereocenters. The molecule has 1 atom stereocenters. The van der Waals surface area contributed by atoms with Crippen LogP contribution >= 0.6 is 11.6 Å². The largest absolute Gasteiger partial charge is 0.466 e. The third-order valence-corrected chi connectivity index (χ3v) is 7.17. The van der Waals surface area contributed by atoms with Crippen LogP contribution in [0.4, 0.5) is 5.69 Å². The molecular formula is C23H19ClN8O6S. The van der Waals surface area contributed by atoms with E-state index in [0.717, 1.165) is 31.3 Å². The second-order valence-corrected chi connectivity index (χ2v) is 9.85. The number of H-pyrrole nitrogens is 1. The van der Waals surface area contributed by atoms with Crippen LogP contribution in [0.25, 0.3) is 11.4 Å². The van der Waals surface area contributed by atoms with Crippen molar-refractivity contribution in [3.63, 3.8) is 0 Å². The Morgan fingerprint density at radius 3 is 2.36 bits per heavy atom. The number of hydrogen-bond donors (Lipinski definition) is 3. The van der Waals surface area contributed by atoms with E-state index in [2.05, 4.69) is 20.6 Å². The zero-order chi connectivity index (χ0) is 28.5. The number of halogens is 1. The molecular weight excluding hydrogens is 552 g/mol.